The van der Waals surface area contributed by atoms with Crippen LogP contribution >= 0.6 is 11.3 Å². The molecule has 172 valence electrons. The van der Waals surface area contributed by atoms with E-state index in [1.807, 2.05) is 6.08 Å². The topological polar surface area (TPSA) is 137 Å². The maximum Gasteiger partial charge on any atom is 0.407 e. The number of nitrogens with zero attached hydrogens (tertiary/aromatic N) is 2. The van der Waals surface area contributed by atoms with E-state index in [2.05, 4.69) is 21.9 Å². The van der Waals surface area contributed by atoms with Crippen LogP contribution in [0.3, 0.4) is 0 Å². The highest BCUT2D eigenvalue weighted by molar-refractivity contribution is 7.16. The van der Waals surface area contributed by atoms with E-state index < -0.39 is 12.2 Å². The van der Waals surface area contributed by atoms with Gasteiger partial charge in [0.15, 0.2) is 5.76 Å². The lowest BCUT2D eigenvalue weighted by Gasteiger charge is -2.22. The molecular formula is C23H24N4O5S. The number of aliphatic hydroxyl groups is 1. The van der Waals surface area contributed by atoms with Crippen molar-refractivity contribution >= 4 is 28.3 Å². The Bertz CT molecular complexity index is 1110. The molecular weight excluding hydrogens is 444 g/mol. The zero-order chi connectivity index (χ0) is 23.2. The molecule has 2 aliphatic carbocycles. The van der Waals surface area contributed by atoms with Crippen LogP contribution in [0.5, 0.6) is 0 Å². The fraction of sp³-hybridized carbons (Fsp3) is 0.391. The minimum Gasteiger partial charge on any atom is -0.446 e. The van der Waals surface area contributed by atoms with Crippen LogP contribution in [0.1, 0.15) is 47.4 Å². The van der Waals surface area contributed by atoms with Gasteiger partial charge in [0.05, 0.1) is 24.4 Å². The first-order chi connectivity index (χ1) is 16.0. The Labute approximate surface area is 194 Å². The monoisotopic (exact) mass is 468 g/mol. The van der Waals surface area contributed by atoms with Crippen LogP contribution in [0.25, 0.3) is 0 Å². The van der Waals surface area contributed by atoms with E-state index >= 15 is 0 Å². The van der Waals surface area contributed by atoms with E-state index in [1.54, 1.807) is 18.2 Å². The van der Waals surface area contributed by atoms with Crippen molar-refractivity contribution in [2.75, 3.05) is 5.32 Å². The zero-order valence-corrected chi connectivity index (χ0v) is 18.7. The molecule has 2 unspecified atom stereocenters. The van der Waals surface area contributed by atoms with Crippen LogP contribution in [-0.4, -0.2) is 34.5 Å². The Hall–Kier alpha value is -3.42. The van der Waals surface area contributed by atoms with Gasteiger partial charge in [-0.15, -0.1) is 11.3 Å². The second-order valence-electron chi connectivity index (χ2n) is 7.95. The highest BCUT2D eigenvalue weighted by Crippen LogP contribution is 2.38. The third-order valence-electron chi connectivity index (χ3n) is 5.57. The number of amides is 2. The largest absolute Gasteiger partial charge is 0.446 e. The Morgan fingerprint density at radius 3 is 3.03 bits per heavy atom. The van der Waals surface area contributed by atoms with Crippen molar-refractivity contribution in [1.29, 1.82) is 5.26 Å². The Morgan fingerprint density at radius 1 is 1.39 bits per heavy atom. The minimum atomic E-state index is -0.539. The number of hydrogen-bond donors (Lipinski definition) is 3. The minimum absolute atomic E-state index is 0.172. The molecule has 9 nitrogen and oxygen atoms in total. The molecule has 2 atom stereocenters. The van der Waals surface area contributed by atoms with Crippen molar-refractivity contribution in [3.63, 3.8) is 0 Å². The predicted octanol–water partition coefficient (Wildman–Crippen LogP) is 3.36. The fourth-order valence-electron chi connectivity index (χ4n) is 3.92. The van der Waals surface area contributed by atoms with Gasteiger partial charge >= 0.3 is 6.09 Å². The molecule has 4 rings (SSSR count). The van der Waals surface area contributed by atoms with Gasteiger partial charge in [-0.2, -0.15) is 5.26 Å². The number of allylic oxidation sites excluding steroid dienone is 2. The highest BCUT2D eigenvalue weighted by Gasteiger charge is 2.28. The normalized spacial score (nSPS) is 19.2. The average Bonchev–Trinajstić information content (AvgIpc) is 3.43. The summed E-state index contributed by atoms with van der Waals surface area (Å²) in [5, 5.41) is 29.0. The quantitative estimate of drug-likeness (QED) is 0.566. The lowest BCUT2D eigenvalue weighted by Crippen LogP contribution is -2.31. The van der Waals surface area contributed by atoms with Gasteiger partial charge in [-0.05, 0) is 31.2 Å². The van der Waals surface area contributed by atoms with E-state index in [9.17, 15) is 20.0 Å². The molecule has 3 N–H and O–H groups in total. The number of aromatic nitrogens is 1. The molecule has 10 heteroatoms. The molecule has 0 saturated carbocycles. The standard InChI is InChI=1S/C23H24N4O5S/c24-12-19-18-6-5-16(31-23(30)25-13-17-8-9-26-32-17)11-20(18)33-22(19)27-21(29)7-4-14-2-1-3-15(28)10-14/h1-3,8-9,15-16,28H,4-7,10-11,13H2,(H,25,30)(H,27,29). The van der Waals surface area contributed by atoms with Crippen LogP contribution in [0.15, 0.2) is 40.6 Å². The van der Waals surface area contributed by atoms with Gasteiger partial charge in [-0.1, -0.05) is 29.0 Å². The summed E-state index contributed by atoms with van der Waals surface area (Å²) in [5.74, 6) is 0.359. The molecule has 2 aromatic heterocycles. The van der Waals surface area contributed by atoms with E-state index in [4.69, 9.17) is 9.26 Å². The second-order valence-corrected chi connectivity index (χ2v) is 9.06. The molecule has 0 aromatic carbocycles. The van der Waals surface area contributed by atoms with E-state index in [-0.39, 0.29) is 25.0 Å². The summed E-state index contributed by atoms with van der Waals surface area (Å²) in [6, 6.07) is 3.87. The fourth-order valence-corrected chi connectivity index (χ4v) is 5.20. The number of nitriles is 1. The van der Waals surface area contributed by atoms with E-state index in [1.165, 1.54) is 17.5 Å². The van der Waals surface area contributed by atoms with E-state index in [0.717, 1.165) is 16.0 Å². The molecule has 0 aliphatic heterocycles. The number of anilines is 1. The van der Waals surface area contributed by atoms with E-state index in [0.29, 0.717) is 48.4 Å². The SMILES string of the molecule is N#Cc1c(NC(=O)CCC2=CC=CC(O)C2)sc2c1CCC(OC(=O)NCc1ccno1)C2. The lowest BCUT2D eigenvalue weighted by atomic mass is 9.94. The number of aliphatic hydroxyl groups excluding tert-OH is 1. The summed E-state index contributed by atoms with van der Waals surface area (Å²) in [6.07, 6.45) is 8.66. The summed E-state index contributed by atoms with van der Waals surface area (Å²) < 4.78 is 10.5. The summed E-state index contributed by atoms with van der Waals surface area (Å²) >= 11 is 1.36. The number of thiophene rings is 1. The number of rotatable bonds is 7. The number of ether oxygens (including phenoxy) is 1. The number of alkyl carbamates (subject to hydrolysis) is 1. The lowest BCUT2D eigenvalue weighted by molar-refractivity contribution is -0.116. The molecule has 33 heavy (non-hydrogen) atoms. The predicted molar refractivity (Wildman–Crippen MR) is 120 cm³/mol. The number of fused-ring (bicyclic) bond motifs is 1. The molecule has 0 saturated heterocycles. The molecule has 2 aromatic rings. The Kier molecular flexibility index (Phi) is 7.22. The Balaban J connectivity index is 1.31. The third kappa shape index (κ3) is 5.88. The van der Waals surface area contributed by atoms with Crippen molar-refractivity contribution in [1.82, 2.24) is 10.5 Å². The van der Waals surface area contributed by atoms with Crippen molar-refractivity contribution in [3.8, 4) is 6.07 Å². The van der Waals surface area contributed by atoms with Crippen molar-refractivity contribution in [2.45, 2.75) is 57.3 Å². The van der Waals surface area contributed by atoms with Gasteiger partial charge in [-0.25, -0.2) is 4.79 Å². The Morgan fingerprint density at radius 2 is 2.27 bits per heavy atom. The van der Waals surface area contributed by atoms with Gasteiger partial charge in [0.25, 0.3) is 0 Å². The van der Waals surface area contributed by atoms with Crippen LogP contribution < -0.4 is 10.6 Å². The zero-order valence-electron chi connectivity index (χ0n) is 17.9. The highest BCUT2D eigenvalue weighted by atomic mass is 32.1. The van der Waals surface area contributed by atoms with Gasteiger partial charge in [0, 0.05) is 23.8 Å². The molecule has 2 aliphatic rings. The van der Waals surface area contributed by atoms with Crippen molar-refractivity contribution < 1.29 is 24.0 Å². The van der Waals surface area contributed by atoms with Crippen molar-refractivity contribution in [2.24, 2.45) is 0 Å². The van der Waals surface area contributed by atoms with Crippen LogP contribution in [0, 0.1) is 11.3 Å². The van der Waals surface area contributed by atoms with Crippen LogP contribution in [-0.2, 0) is 28.9 Å². The maximum absolute atomic E-state index is 12.5. The summed E-state index contributed by atoms with van der Waals surface area (Å²) in [5.41, 5.74) is 2.43. The molecule has 0 bridgehead atoms. The first kappa shape index (κ1) is 22.8. The first-order valence-electron chi connectivity index (χ1n) is 10.7. The number of nitrogens with one attached hydrogen (secondary N) is 2. The van der Waals surface area contributed by atoms with Gasteiger partial charge in [0.2, 0.25) is 5.91 Å². The number of carbonyl (C=O) groups is 2. The average molecular weight is 469 g/mol. The van der Waals surface area contributed by atoms with Gasteiger partial charge in [0.1, 0.15) is 17.2 Å². The first-order valence-corrected chi connectivity index (χ1v) is 11.6. The van der Waals surface area contributed by atoms with Gasteiger partial charge < -0.3 is 25.0 Å². The molecule has 0 radical (unpaired) electrons. The number of carbonyl (C=O) groups excluding carboxylic acids is 2. The maximum atomic E-state index is 12.5. The summed E-state index contributed by atoms with van der Waals surface area (Å²) in [6.45, 7) is 0.191. The van der Waals surface area contributed by atoms with Crippen LogP contribution in [0.4, 0.5) is 9.80 Å². The molecule has 2 heterocycles. The van der Waals surface area contributed by atoms with Crippen molar-refractivity contribution in [3.05, 3.63) is 57.8 Å². The van der Waals surface area contributed by atoms with Gasteiger partial charge in [-0.3, -0.25) is 4.79 Å². The smallest absolute Gasteiger partial charge is 0.407 e. The summed E-state index contributed by atoms with van der Waals surface area (Å²) in [4.78, 5) is 25.5. The summed E-state index contributed by atoms with van der Waals surface area (Å²) in [7, 11) is 0. The molecule has 2 amide bonds. The third-order valence-corrected chi connectivity index (χ3v) is 6.74. The number of hydrogen-bond acceptors (Lipinski definition) is 8. The second kappa shape index (κ2) is 10.5. The molecule has 0 fully saturated rings. The molecule has 0 spiro atoms. The van der Waals surface area contributed by atoms with Crippen LogP contribution in [0.2, 0.25) is 0 Å².